The zero-order valence-electron chi connectivity index (χ0n) is 13.1. The molecular weight excluding hydrogens is 336 g/mol. The van der Waals surface area contributed by atoms with E-state index >= 15 is 0 Å². The first-order chi connectivity index (χ1) is 12.0. The molecule has 0 aliphatic rings. The molecule has 0 aliphatic heterocycles. The lowest BCUT2D eigenvalue weighted by Gasteiger charge is -2.08. The molecule has 0 spiro atoms. The molecular formula is C19H14N2O3S. The number of hydrogen-bond donors (Lipinski definition) is 2. The average molecular weight is 350 g/mol. The van der Waals surface area contributed by atoms with Gasteiger partial charge in [0.1, 0.15) is 0 Å². The Bertz CT molecular complexity index is 1230. The molecule has 0 atom stereocenters. The molecule has 1 amide bonds. The average Bonchev–Trinajstić information content (AvgIpc) is 3.00. The fourth-order valence-electron chi connectivity index (χ4n) is 3.09. The Labute approximate surface area is 144 Å². The standard InChI is InChI=1S/C19H14N2O3S/c20-19(22)14-10-11-16(25(23,24)12-6-2-1-3-7-12)18-17(14)13-8-4-5-9-15(13)21-18/h1-11,21H,(H2,20,22). The smallest absolute Gasteiger partial charge is 0.249 e. The number of sulfone groups is 1. The van der Waals surface area contributed by atoms with Crippen LogP contribution < -0.4 is 5.73 Å². The van der Waals surface area contributed by atoms with Crippen molar-refractivity contribution in [1.29, 1.82) is 0 Å². The van der Waals surface area contributed by atoms with Crippen molar-refractivity contribution in [3.05, 3.63) is 72.3 Å². The van der Waals surface area contributed by atoms with Gasteiger partial charge in [0.25, 0.3) is 0 Å². The maximum atomic E-state index is 13.1. The van der Waals surface area contributed by atoms with E-state index in [9.17, 15) is 13.2 Å². The molecule has 0 saturated heterocycles. The Kier molecular flexibility index (Phi) is 3.36. The highest BCUT2D eigenvalue weighted by atomic mass is 32.2. The number of hydrogen-bond acceptors (Lipinski definition) is 3. The van der Waals surface area contributed by atoms with Crippen LogP contribution >= 0.6 is 0 Å². The topological polar surface area (TPSA) is 93.0 Å². The predicted molar refractivity (Wildman–Crippen MR) is 96.2 cm³/mol. The van der Waals surface area contributed by atoms with Gasteiger partial charge in [0.15, 0.2) is 0 Å². The predicted octanol–water partition coefficient (Wildman–Crippen LogP) is 3.25. The molecule has 1 heterocycles. The van der Waals surface area contributed by atoms with Crippen LogP contribution in [0.4, 0.5) is 0 Å². The minimum Gasteiger partial charge on any atom is -0.366 e. The first-order valence-electron chi connectivity index (χ1n) is 7.63. The number of aromatic amines is 1. The number of primary amides is 1. The lowest BCUT2D eigenvalue weighted by atomic mass is 10.1. The second-order valence-electron chi connectivity index (χ2n) is 5.71. The molecule has 4 aromatic rings. The van der Waals surface area contributed by atoms with Crippen LogP contribution in [0.3, 0.4) is 0 Å². The Morgan fingerprint density at radius 3 is 2.28 bits per heavy atom. The number of rotatable bonds is 3. The molecule has 0 bridgehead atoms. The van der Waals surface area contributed by atoms with Crippen LogP contribution in [0.25, 0.3) is 21.8 Å². The first-order valence-corrected chi connectivity index (χ1v) is 9.12. The molecule has 1 aromatic heterocycles. The number of para-hydroxylation sites is 1. The summed E-state index contributed by atoms with van der Waals surface area (Å²) in [7, 11) is -3.74. The number of H-pyrrole nitrogens is 1. The Hall–Kier alpha value is -3.12. The number of benzene rings is 3. The lowest BCUT2D eigenvalue weighted by molar-refractivity contribution is 0.100. The zero-order valence-corrected chi connectivity index (χ0v) is 13.9. The van der Waals surface area contributed by atoms with Crippen LogP contribution in [0, 0.1) is 0 Å². The van der Waals surface area contributed by atoms with E-state index in [1.54, 1.807) is 30.3 Å². The molecule has 4 rings (SSSR count). The highest BCUT2D eigenvalue weighted by Gasteiger charge is 2.24. The molecule has 6 heteroatoms. The first kappa shape index (κ1) is 15.4. The van der Waals surface area contributed by atoms with E-state index in [-0.39, 0.29) is 9.79 Å². The summed E-state index contributed by atoms with van der Waals surface area (Å²) in [6.07, 6.45) is 0. The summed E-state index contributed by atoms with van der Waals surface area (Å²) in [5.74, 6) is -0.599. The molecule has 0 radical (unpaired) electrons. The van der Waals surface area contributed by atoms with Crippen molar-refractivity contribution in [2.45, 2.75) is 9.79 Å². The SMILES string of the molecule is NC(=O)c1ccc(S(=O)(=O)c2ccccc2)c2[nH]c3ccccc3c12. The second kappa shape index (κ2) is 5.46. The molecule has 0 unspecified atom stereocenters. The van der Waals surface area contributed by atoms with Gasteiger partial charge in [-0.3, -0.25) is 4.79 Å². The van der Waals surface area contributed by atoms with Gasteiger partial charge in [-0.25, -0.2) is 8.42 Å². The maximum absolute atomic E-state index is 13.1. The van der Waals surface area contributed by atoms with Gasteiger partial charge in [-0.1, -0.05) is 36.4 Å². The van der Waals surface area contributed by atoms with Crippen LogP contribution in [-0.2, 0) is 9.84 Å². The Balaban J connectivity index is 2.14. The number of carbonyl (C=O) groups excluding carboxylic acids is 1. The number of nitrogens with one attached hydrogen (secondary N) is 1. The molecule has 3 N–H and O–H groups in total. The number of fused-ring (bicyclic) bond motifs is 3. The van der Waals surface area contributed by atoms with E-state index < -0.39 is 15.7 Å². The molecule has 0 fully saturated rings. The third-order valence-corrected chi connectivity index (χ3v) is 6.04. The number of carbonyl (C=O) groups is 1. The third-order valence-electron chi connectivity index (χ3n) is 4.23. The van der Waals surface area contributed by atoms with Crippen molar-refractivity contribution < 1.29 is 13.2 Å². The molecule has 5 nitrogen and oxygen atoms in total. The maximum Gasteiger partial charge on any atom is 0.249 e. The summed E-state index contributed by atoms with van der Waals surface area (Å²) >= 11 is 0. The minimum absolute atomic E-state index is 0.120. The van der Waals surface area contributed by atoms with Crippen molar-refractivity contribution in [1.82, 2.24) is 4.98 Å². The van der Waals surface area contributed by atoms with Gasteiger partial charge in [-0.2, -0.15) is 0 Å². The summed E-state index contributed by atoms with van der Waals surface area (Å²) in [4.78, 5) is 15.3. The van der Waals surface area contributed by atoms with Crippen molar-refractivity contribution in [2.24, 2.45) is 5.73 Å². The number of aromatic nitrogens is 1. The van der Waals surface area contributed by atoms with E-state index in [1.165, 1.54) is 12.1 Å². The fraction of sp³-hybridized carbons (Fsp3) is 0. The lowest BCUT2D eigenvalue weighted by Crippen LogP contribution is -2.12. The highest BCUT2D eigenvalue weighted by molar-refractivity contribution is 7.91. The van der Waals surface area contributed by atoms with Crippen molar-refractivity contribution in [3.8, 4) is 0 Å². The minimum atomic E-state index is -3.74. The highest BCUT2D eigenvalue weighted by Crippen LogP contribution is 2.34. The van der Waals surface area contributed by atoms with E-state index in [0.717, 1.165) is 10.9 Å². The van der Waals surface area contributed by atoms with Gasteiger partial charge in [-0.05, 0) is 30.3 Å². The summed E-state index contributed by atoms with van der Waals surface area (Å²) in [5, 5.41) is 1.29. The van der Waals surface area contributed by atoms with E-state index in [1.807, 2.05) is 24.3 Å². The van der Waals surface area contributed by atoms with E-state index in [2.05, 4.69) is 4.98 Å². The van der Waals surface area contributed by atoms with Crippen molar-refractivity contribution in [2.75, 3.05) is 0 Å². The largest absolute Gasteiger partial charge is 0.366 e. The second-order valence-corrected chi connectivity index (χ2v) is 7.63. The van der Waals surface area contributed by atoms with Gasteiger partial charge in [0.2, 0.25) is 15.7 Å². The molecule has 3 aromatic carbocycles. The quantitative estimate of drug-likeness (QED) is 0.594. The normalized spacial score (nSPS) is 11.8. The summed E-state index contributed by atoms with van der Waals surface area (Å²) in [6, 6.07) is 18.4. The van der Waals surface area contributed by atoms with Crippen LogP contribution in [0.1, 0.15) is 10.4 Å². The van der Waals surface area contributed by atoms with Crippen LogP contribution in [0.15, 0.2) is 76.5 Å². The Morgan fingerprint density at radius 1 is 0.880 bits per heavy atom. The molecule has 25 heavy (non-hydrogen) atoms. The van der Waals surface area contributed by atoms with Gasteiger partial charge in [-0.15, -0.1) is 0 Å². The summed E-state index contributed by atoms with van der Waals surface area (Å²) < 4.78 is 26.1. The number of nitrogens with two attached hydrogens (primary N) is 1. The summed E-state index contributed by atoms with van der Waals surface area (Å²) in [5.41, 5.74) is 6.93. The van der Waals surface area contributed by atoms with Gasteiger partial charge in [0.05, 0.1) is 15.3 Å². The van der Waals surface area contributed by atoms with E-state index in [4.69, 9.17) is 5.73 Å². The Morgan fingerprint density at radius 2 is 1.56 bits per heavy atom. The third kappa shape index (κ3) is 2.30. The molecule has 124 valence electrons. The van der Waals surface area contributed by atoms with Gasteiger partial charge < -0.3 is 10.7 Å². The number of amides is 1. The summed E-state index contributed by atoms with van der Waals surface area (Å²) in [6.45, 7) is 0. The monoisotopic (exact) mass is 350 g/mol. The fourth-order valence-corrected chi connectivity index (χ4v) is 4.53. The van der Waals surface area contributed by atoms with Crippen LogP contribution in [0.5, 0.6) is 0 Å². The molecule has 0 aliphatic carbocycles. The van der Waals surface area contributed by atoms with Crippen molar-refractivity contribution in [3.63, 3.8) is 0 Å². The zero-order chi connectivity index (χ0) is 17.6. The van der Waals surface area contributed by atoms with Gasteiger partial charge in [0, 0.05) is 21.9 Å². The van der Waals surface area contributed by atoms with Gasteiger partial charge >= 0.3 is 0 Å². The van der Waals surface area contributed by atoms with E-state index in [0.29, 0.717) is 16.5 Å². The molecule has 0 saturated carbocycles. The van der Waals surface area contributed by atoms with Crippen LogP contribution in [-0.4, -0.2) is 19.3 Å². The van der Waals surface area contributed by atoms with Crippen molar-refractivity contribution >= 4 is 37.6 Å². The van der Waals surface area contributed by atoms with Crippen LogP contribution in [0.2, 0.25) is 0 Å².